The summed E-state index contributed by atoms with van der Waals surface area (Å²) in [6.45, 7) is 11.0. The summed E-state index contributed by atoms with van der Waals surface area (Å²) in [5, 5.41) is 14.1. The third-order valence-electron chi connectivity index (χ3n) is 4.19. The van der Waals surface area contributed by atoms with Gasteiger partial charge in [-0.25, -0.2) is 0 Å². The molecular formula is C19H34N4O2. The predicted octanol–water partition coefficient (Wildman–Crippen LogP) is 0.385. The summed E-state index contributed by atoms with van der Waals surface area (Å²) in [6, 6.07) is 8.86. The molecule has 0 saturated carbocycles. The van der Waals surface area contributed by atoms with Crippen LogP contribution in [0.3, 0.4) is 0 Å². The number of benzene rings is 1. The van der Waals surface area contributed by atoms with Crippen LogP contribution in [0, 0.1) is 0 Å². The third kappa shape index (κ3) is 9.18. The first-order valence-electron chi connectivity index (χ1n) is 9.53. The van der Waals surface area contributed by atoms with Crippen LogP contribution in [0.15, 0.2) is 24.3 Å². The Hall–Kier alpha value is -1.18. The van der Waals surface area contributed by atoms with Crippen LogP contribution >= 0.6 is 0 Å². The van der Waals surface area contributed by atoms with E-state index in [1.165, 1.54) is 5.56 Å². The topological polar surface area (TPSA) is 66.6 Å². The Morgan fingerprint density at radius 1 is 0.880 bits per heavy atom. The molecule has 1 aliphatic rings. The largest absolute Gasteiger partial charge is 0.491 e. The molecule has 1 aromatic rings. The van der Waals surface area contributed by atoms with Gasteiger partial charge >= 0.3 is 0 Å². The molecule has 4 N–H and O–H groups in total. The molecule has 1 atom stereocenters. The molecule has 2 rings (SSSR count). The first-order valence-corrected chi connectivity index (χ1v) is 9.53. The highest BCUT2D eigenvalue weighted by molar-refractivity contribution is 5.27. The van der Waals surface area contributed by atoms with Gasteiger partial charge in [0.2, 0.25) is 0 Å². The molecule has 6 nitrogen and oxygen atoms in total. The minimum Gasteiger partial charge on any atom is -0.491 e. The molecular weight excluding hydrogens is 316 g/mol. The van der Waals surface area contributed by atoms with Gasteiger partial charge in [0.05, 0.1) is 6.61 Å². The summed E-state index contributed by atoms with van der Waals surface area (Å²) in [5.41, 5.74) is 1.33. The molecule has 0 amide bonds. The summed E-state index contributed by atoms with van der Waals surface area (Å²) >= 11 is 0. The van der Waals surface area contributed by atoms with Gasteiger partial charge in [-0.3, -0.25) is 0 Å². The van der Waals surface area contributed by atoms with Crippen molar-refractivity contribution in [3.63, 3.8) is 0 Å². The first-order chi connectivity index (χ1) is 12.4. The average molecular weight is 351 g/mol. The van der Waals surface area contributed by atoms with Gasteiger partial charge in [0.25, 0.3) is 0 Å². The van der Waals surface area contributed by atoms with Crippen molar-refractivity contribution in [3.05, 3.63) is 29.8 Å². The SMILES string of the molecule is CCOCCOc1ccc(C[C@H]2CNCCNCCNCCN2)cc1. The molecule has 1 aliphatic heterocycles. The standard InChI is InChI=1S/C19H34N4O2/c1-2-24-13-14-25-19-5-3-17(4-6-19)15-18-16-22-10-9-20-7-8-21-11-12-23-18/h3-6,18,20-23H,2,7-16H2,1H3/t18-/m0/s1. The van der Waals surface area contributed by atoms with E-state index in [0.29, 0.717) is 19.3 Å². The molecule has 0 spiro atoms. The maximum absolute atomic E-state index is 5.68. The predicted molar refractivity (Wildman–Crippen MR) is 103 cm³/mol. The number of ether oxygens (including phenoxy) is 2. The zero-order chi connectivity index (χ0) is 17.6. The Bertz CT molecular complexity index is 430. The van der Waals surface area contributed by atoms with Crippen LogP contribution in [-0.4, -0.2) is 71.7 Å². The third-order valence-corrected chi connectivity index (χ3v) is 4.19. The Labute approximate surface area is 152 Å². The lowest BCUT2D eigenvalue weighted by Gasteiger charge is -2.21. The van der Waals surface area contributed by atoms with E-state index >= 15 is 0 Å². The minimum atomic E-state index is 0.436. The van der Waals surface area contributed by atoms with Crippen LogP contribution in [0.2, 0.25) is 0 Å². The van der Waals surface area contributed by atoms with E-state index in [1.54, 1.807) is 0 Å². The van der Waals surface area contributed by atoms with E-state index in [9.17, 15) is 0 Å². The van der Waals surface area contributed by atoms with Crippen molar-refractivity contribution < 1.29 is 9.47 Å². The molecule has 1 aromatic carbocycles. The second-order valence-electron chi connectivity index (χ2n) is 6.25. The van der Waals surface area contributed by atoms with Gasteiger partial charge in [-0.15, -0.1) is 0 Å². The Balaban J connectivity index is 1.76. The molecule has 0 unspecified atom stereocenters. The molecule has 0 bridgehead atoms. The van der Waals surface area contributed by atoms with Crippen LogP contribution in [0.4, 0.5) is 0 Å². The van der Waals surface area contributed by atoms with Gasteiger partial charge in [0, 0.05) is 58.5 Å². The Morgan fingerprint density at radius 2 is 1.56 bits per heavy atom. The van der Waals surface area contributed by atoms with E-state index in [-0.39, 0.29) is 0 Å². The van der Waals surface area contributed by atoms with Crippen molar-refractivity contribution in [3.8, 4) is 5.75 Å². The van der Waals surface area contributed by atoms with Gasteiger partial charge < -0.3 is 30.7 Å². The van der Waals surface area contributed by atoms with Crippen LogP contribution in [0.25, 0.3) is 0 Å². The summed E-state index contributed by atoms with van der Waals surface area (Å²) in [6.07, 6.45) is 1.01. The van der Waals surface area contributed by atoms with Crippen molar-refractivity contribution in [2.24, 2.45) is 0 Å². The summed E-state index contributed by atoms with van der Waals surface area (Å²) in [4.78, 5) is 0. The maximum atomic E-state index is 5.68. The lowest BCUT2D eigenvalue weighted by atomic mass is 10.1. The number of hydrogen-bond acceptors (Lipinski definition) is 6. The van der Waals surface area contributed by atoms with Gasteiger partial charge in [-0.05, 0) is 31.0 Å². The normalized spacial score (nSPS) is 20.4. The fourth-order valence-electron chi connectivity index (χ4n) is 2.83. The molecule has 1 heterocycles. The fourth-order valence-corrected chi connectivity index (χ4v) is 2.83. The zero-order valence-electron chi connectivity index (χ0n) is 15.5. The summed E-state index contributed by atoms with van der Waals surface area (Å²) in [5.74, 6) is 0.906. The lowest BCUT2D eigenvalue weighted by molar-refractivity contribution is 0.110. The molecule has 142 valence electrons. The highest BCUT2D eigenvalue weighted by Gasteiger charge is 2.09. The van der Waals surface area contributed by atoms with Crippen molar-refractivity contribution in [2.45, 2.75) is 19.4 Å². The lowest BCUT2D eigenvalue weighted by Crippen LogP contribution is -2.46. The highest BCUT2D eigenvalue weighted by atomic mass is 16.5. The van der Waals surface area contributed by atoms with Gasteiger partial charge in [0.1, 0.15) is 12.4 Å². The average Bonchev–Trinajstić information content (AvgIpc) is 2.62. The molecule has 0 aromatic heterocycles. The summed E-state index contributed by atoms with van der Waals surface area (Å²) < 4.78 is 11.0. The van der Waals surface area contributed by atoms with Gasteiger partial charge in [-0.2, -0.15) is 0 Å². The quantitative estimate of drug-likeness (QED) is 0.534. The van der Waals surface area contributed by atoms with Crippen molar-refractivity contribution in [1.29, 1.82) is 0 Å². The number of rotatable bonds is 7. The maximum Gasteiger partial charge on any atom is 0.119 e. The smallest absolute Gasteiger partial charge is 0.119 e. The van der Waals surface area contributed by atoms with E-state index < -0.39 is 0 Å². The van der Waals surface area contributed by atoms with E-state index in [2.05, 4.69) is 45.5 Å². The van der Waals surface area contributed by atoms with Crippen LogP contribution in [0.5, 0.6) is 5.75 Å². The zero-order valence-corrected chi connectivity index (χ0v) is 15.5. The van der Waals surface area contributed by atoms with Gasteiger partial charge in [-0.1, -0.05) is 12.1 Å². The van der Waals surface area contributed by atoms with E-state index in [4.69, 9.17) is 9.47 Å². The molecule has 1 fully saturated rings. The van der Waals surface area contributed by atoms with Gasteiger partial charge in [0.15, 0.2) is 0 Å². The molecule has 6 heteroatoms. The van der Waals surface area contributed by atoms with E-state index in [0.717, 1.165) is 64.6 Å². The van der Waals surface area contributed by atoms with Crippen molar-refractivity contribution >= 4 is 0 Å². The Kier molecular flexibility index (Phi) is 10.5. The number of hydrogen-bond donors (Lipinski definition) is 4. The van der Waals surface area contributed by atoms with Crippen molar-refractivity contribution in [1.82, 2.24) is 21.3 Å². The monoisotopic (exact) mass is 350 g/mol. The second-order valence-corrected chi connectivity index (χ2v) is 6.25. The molecule has 0 aliphatic carbocycles. The second kappa shape index (κ2) is 13.1. The van der Waals surface area contributed by atoms with Crippen LogP contribution < -0.4 is 26.0 Å². The molecule has 1 saturated heterocycles. The Morgan fingerprint density at radius 3 is 2.28 bits per heavy atom. The van der Waals surface area contributed by atoms with Crippen molar-refractivity contribution in [2.75, 3.05) is 65.6 Å². The molecule has 25 heavy (non-hydrogen) atoms. The van der Waals surface area contributed by atoms with E-state index in [1.807, 2.05) is 6.92 Å². The number of nitrogens with one attached hydrogen (secondary N) is 4. The van der Waals surface area contributed by atoms with Crippen LogP contribution in [-0.2, 0) is 11.2 Å². The molecule has 0 radical (unpaired) electrons. The minimum absolute atomic E-state index is 0.436. The fraction of sp³-hybridized carbons (Fsp3) is 0.684. The van der Waals surface area contributed by atoms with Crippen LogP contribution in [0.1, 0.15) is 12.5 Å². The highest BCUT2D eigenvalue weighted by Crippen LogP contribution is 2.13. The first kappa shape index (κ1) is 20.1. The summed E-state index contributed by atoms with van der Waals surface area (Å²) in [7, 11) is 0.